The molecule has 0 bridgehead atoms. The highest BCUT2D eigenvalue weighted by molar-refractivity contribution is 5.03. The fourth-order valence-electron chi connectivity index (χ4n) is 3.11. The molecule has 0 aromatic carbocycles. The van der Waals surface area contributed by atoms with Crippen LogP contribution < -0.4 is 0 Å². The van der Waals surface area contributed by atoms with Crippen molar-refractivity contribution >= 4 is 0 Å². The molecule has 0 aromatic heterocycles. The Bertz CT molecular complexity index is 306. The van der Waals surface area contributed by atoms with Crippen LogP contribution >= 0.6 is 0 Å². The third-order valence-electron chi connectivity index (χ3n) is 4.40. The summed E-state index contributed by atoms with van der Waals surface area (Å²) >= 11 is 0. The van der Waals surface area contributed by atoms with E-state index in [1.54, 1.807) is 0 Å². The Morgan fingerprint density at radius 1 is 1.28 bits per heavy atom. The molecular weight excluding hydrogens is 226 g/mol. The van der Waals surface area contributed by atoms with Crippen LogP contribution in [0.4, 0.5) is 0 Å². The molecule has 0 radical (unpaired) electrons. The molecule has 0 spiro atoms. The Balaban J connectivity index is 1.99. The van der Waals surface area contributed by atoms with E-state index in [-0.39, 0.29) is 12.4 Å². The molecule has 2 rings (SSSR count). The fraction of sp³-hybridized carbons (Fsp3) is 0.933. The van der Waals surface area contributed by atoms with E-state index in [0.29, 0.717) is 12.5 Å². The van der Waals surface area contributed by atoms with Crippen molar-refractivity contribution in [3.8, 4) is 6.07 Å². The van der Waals surface area contributed by atoms with E-state index in [2.05, 4.69) is 13.0 Å². The van der Waals surface area contributed by atoms with E-state index in [9.17, 15) is 5.26 Å². The summed E-state index contributed by atoms with van der Waals surface area (Å²) in [6, 6.07) is 2.39. The normalized spacial score (nSPS) is 38.3. The van der Waals surface area contributed by atoms with Crippen molar-refractivity contribution < 1.29 is 9.47 Å². The Kier molecular flexibility index (Phi) is 4.64. The minimum atomic E-state index is -0.471. The zero-order valence-electron chi connectivity index (χ0n) is 11.7. The van der Waals surface area contributed by atoms with E-state index >= 15 is 0 Å². The molecule has 18 heavy (non-hydrogen) atoms. The fourth-order valence-corrected chi connectivity index (χ4v) is 3.11. The number of ether oxygens (including phenoxy) is 2. The van der Waals surface area contributed by atoms with E-state index in [1.165, 1.54) is 32.1 Å². The maximum Gasteiger partial charge on any atom is 0.160 e. The van der Waals surface area contributed by atoms with Crippen LogP contribution in [-0.2, 0) is 9.47 Å². The zero-order chi connectivity index (χ0) is 13.0. The molecule has 1 heterocycles. The molecule has 3 unspecified atom stereocenters. The van der Waals surface area contributed by atoms with E-state index in [0.717, 1.165) is 12.8 Å². The molecule has 3 atom stereocenters. The van der Waals surface area contributed by atoms with Crippen molar-refractivity contribution in [2.75, 3.05) is 6.61 Å². The summed E-state index contributed by atoms with van der Waals surface area (Å²) in [7, 11) is 0. The first kappa shape index (κ1) is 13.8. The van der Waals surface area contributed by atoms with Gasteiger partial charge in [0.2, 0.25) is 0 Å². The Morgan fingerprint density at radius 3 is 2.61 bits per heavy atom. The SMILES string of the molecule is CCCC1OC(C2CCCCC2)OCC1(C)C#N. The van der Waals surface area contributed by atoms with Gasteiger partial charge in [-0.1, -0.05) is 32.6 Å². The molecule has 1 saturated heterocycles. The first-order valence-corrected chi connectivity index (χ1v) is 7.38. The second-order valence-electron chi connectivity index (χ2n) is 6.02. The second kappa shape index (κ2) is 6.04. The van der Waals surface area contributed by atoms with Gasteiger partial charge < -0.3 is 9.47 Å². The van der Waals surface area contributed by atoms with Crippen molar-refractivity contribution in [3.63, 3.8) is 0 Å². The third kappa shape index (κ3) is 2.87. The maximum absolute atomic E-state index is 9.33. The van der Waals surface area contributed by atoms with Gasteiger partial charge in [0.1, 0.15) is 5.41 Å². The standard InChI is InChI=1S/C15H25NO2/c1-3-7-13-15(2,10-16)11-17-14(18-13)12-8-5-4-6-9-12/h12-14H,3-9,11H2,1-2H3. The molecular formula is C15H25NO2. The minimum Gasteiger partial charge on any atom is -0.351 e. The summed E-state index contributed by atoms with van der Waals surface area (Å²) < 4.78 is 12.0. The van der Waals surface area contributed by atoms with Crippen LogP contribution in [0.3, 0.4) is 0 Å². The number of hydrogen-bond acceptors (Lipinski definition) is 3. The van der Waals surface area contributed by atoms with Gasteiger partial charge in [-0.2, -0.15) is 5.26 Å². The monoisotopic (exact) mass is 251 g/mol. The van der Waals surface area contributed by atoms with E-state index in [4.69, 9.17) is 9.47 Å². The summed E-state index contributed by atoms with van der Waals surface area (Å²) in [4.78, 5) is 0. The molecule has 1 saturated carbocycles. The van der Waals surface area contributed by atoms with Gasteiger partial charge in [0.25, 0.3) is 0 Å². The van der Waals surface area contributed by atoms with Crippen molar-refractivity contribution in [1.29, 1.82) is 5.26 Å². The van der Waals surface area contributed by atoms with Gasteiger partial charge in [0.05, 0.1) is 18.8 Å². The molecule has 0 aromatic rings. The van der Waals surface area contributed by atoms with Crippen molar-refractivity contribution in [2.45, 2.75) is 71.2 Å². The predicted octanol–water partition coefficient (Wildman–Crippen LogP) is 3.64. The average molecular weight is 251 g/mol. The largest absolute Gasteiger partial charge is 0.351 e. The molecule has 3 nitrogen and oxygen atoms in total. The first-order valence-electron chi connectivity index (χ1n) is 7.38. The third-order valence-corrected chi connectivity index (χ3v) is 4.40. The highest BCUT2D eigenvalue weighted by Gasteiger charge is 2.43. The van der Waals surface area contributed by atoms with Crippen LogP contribution in [0.5, 0.6) is 0 Å². The molecule has 2 fully saturated rings. The molecule has 1 aliphatic heterocycles. The van der Waals surface area contributed by atoms with Crippen molar-refractivity contribution in [1.82, 2.24) is 0 Å². The Morgan fingerprint density at radius 2 is 2.00 bits per heavy atom. The lowest BCUT2D eigenvalue weighted by Gasteiger charge is -2.43. The Hall–Kier alpha value is -0.590. The van der Waals surface area contributed by atoms with Gasteiger partial charge in [-0.05, 0) is 26.2 Å². The van der Waals surface area contributed by atoms with Gasteiger partial charge in [0, 0.05) is 5.92 Å². The molecule has 0 N–H and O–H groups in total. The van der Waals surface area contributed by atoms with Gasteiger partial charge in [0.15, 0.2) is 6.29 Å². The summed E-state index contributed by atoms with van der Waals surface area (Å²) in [6.07, 6.45) is 8.34. The summed E-state index contributed by atoms with van der Waals surface area (Å²) in [5, 5.41) is 9.33. The van der Waals surface area contributed by atoms with Crippen molar-refractivity contribution in [2.24, 2.45) is 11.3 Å². The van der Waals surface area contributed by atoms with Crippen molar-refractivity contribution in [3.05, 3.63) is 0 Å². The van der Waals surface area contributed by atoms with Crippen LogP contribution in [0.15, 0.2) is 0 Å². The molecule has 3 heteroatoms. The highest BCUT2D eigenvalue weighted by Crippen LogP contribution is 2.38. The molecule has 0 amide bonds. The number of hydrogen-bond donors (Lipinski definition) is 0. The van der Waals surface area contributed by atoms with Crippen LogP contribution in [0.1, 0.15) is 58.8 Å². The van der Waals surface area contributed by atoms with Crippen LogP contribution in [-0.4, -0.2) is 19.0 Å². The second-order valence-corrected chi connectivity index (χ2v) is 6.02. The maximum atomic E-state index is 9.33. The molecule has 2 aliphatic rings. The topological polar surface area (TPSA) is 42.2 Å². The Labute approximate surface area is 110 Å². The minimum absolute atomic E-state index is 0.0353. The zero-order valence-corrected chi connectivity index (χ0v) is 11.7. The van der Waals surface area contributed by atoms with E-state index in [1.807, 2.05) is 6.92 Å². The van der Waals surface area contributed by atoms with E-state index < -0.39 is 5.41 Å². The van der Waals surface area contributed by atoms with Gasteiger partial charge in [-0.3, -0.25) is 0 Å². The number of nitriles is 1. The van der Waals surface area contributed by atoms with Crippen LogP contribution in [0, 0.1) is 22.7 Å². The average Bonchev–Trinajstić information content (AvgIpc) is 2.42. The predicted molar refractivity (Wildman–Crippen MR) is 69.8 cm³/mol. The lowest BCUT2D eigenvalue weighted by Crippen LogP contribution is -2.49. The van der Waals surface area contributed by atoms with Gasteiger partial charge in [-0.15, -0.1) is 0 Å². The molecule has 1 aliphatic carbocycles. The van der Waals surface area contributed by atoms with Crippen LogP contribution in [0.2, 0.25) is 0 Å². The first-order chi connectivity index (χ1) is 8.69. The quantitative estimate of drug-likeness (QED) is 0.769. The number of nitrogens with zero attached hydrogens (tertiary/aromatic N) is 1. The van der Waals surface area contributed by atoms with Crippen LogP contribution in [0.25, 0.3) is 0 Å². The number of rotatable bonds is 3. The summed E-state index contributed by atoms with van der Waals surface area (Å²) in [5.74, 6) is 0.543. The van der Waals surface area contributed by atoms with Gasteiger partial charge in [-0.25, -0.2) is 0 Å². The highest BCUT2D eigenvalue weighted by atomic mass is 16.7. The lowest BCUT2D eigenvalue weighted by molar-refractivity contribution is -0.274. The lowest BCUT2D eigenvalue weighted by atomic mass is 9.82. The van der Waals surface area contributed by atoms with Gasteiger partial charge >= 0.3 is 0 Å². The summed E-state index contributed by atoms with van der Waals surface area (Å²) in [5.41, 5.74) is -0.471. The smallest absolute Gasteiger partial charge is 0.160 e. The summed E-state index contributed by atoms with van der Waals surface area (Å²) in [6.45, 7) is 4.63. The molecule has 102 valence electrons.